The van der Waals surface area contributed by atoms with E-state index in [-0.39, 0.29) is 12.4 Å². The van der Waals surface area contributed by atoms with Crippen molar-refractivity contribution in [3.05, 3.63) is 41.0 Å². The van der Waals surface area contributed by atoms with Gasteiger partial charge in [0.05, 0.1) is 5.69 Å². The van der Waals surface area contributed by atoms with E-state index in [1.807, 2.05) is 18.2 Å². The van der Waals surface area contributed by atoms with Crippen molar-refractivity contribution < 1.29 is 14.6 Å². The number of halogens is 1. The molecule has 124 valence electrons. The third-order valence-corrected chi connectivity index (χ3v) is 5.39. The molecule has 0 atom stereocenters. The number of aromatic carboxylic acids is 1. The minimum absolute atomic E-state index is 0.0197. The van der Waals surface area contributed by atoms with Crippen LogP contribution in [0.4, 0.5) is 0 Å². The molecule has 5 nitrogen and oxygen atoms in total. The quantitative estimate of drug-likeness (QED) is 0.598. The Labute approximate surface area is 141 Å². The number of carboxylic acid groups (broad SMARTS) is 1. The van der Waals surface area contributed by atoms with E-state index in [1.54, 1.807) is 10.7 Å². The zero-order valence-electron chi connectivity index (χ0n) is 13.5. The highest BCUT2D eigenvalue weighted by molar-refractivity contribution is 6.76. The third kappa shape index (κ3) is 4.92. The van der Waals surface area contributed by atoms with E-state index < -0.39 is 14.0 Å². The molecule has 0 amide bonds. The van der Waals surface area contributed by atoms with E-state index in [0.717, 1.165) is 11.6 Å². The van der Waals surface area contributed by atoms with Crippen molar-refractivity contribution in [3.63, 3.8) is 0 Å². The van der Waals surface area contributed by atoms with E-state index in [9.17, 15) is 9.90 Å². The summed E-state index contributed by atoms with van der Waals surface area (Å²) in [6, 6.07) is 9.84. The molecule has 0 aliphatic carbocycles. The summed E-state index contributed by atoms with van der Waals surface area (Å²) in [5.41, 5.74) is 1.36. The second-order valence-electron chi connectivity index (χ2n) is 6.55. The van der Waals surface area contributed by atoms with Gasteiger partial charge in [-0.2, -0.15) is 5.10 Å². The fraction of sp³-hybridized carbons (Fsp3) is 0.375. The molecule has 1 aromatic carbocycles. The Morgan fingerprint density at radius 2 is 2.04 bits per heavy atom. The Balaban J connectivity index is 2.21. The van der Waals surface area contributed by atoms with Crippen molar-refractivity contribution >= 4 is 25.6 Å². The van der Waals surface area contributed by atoms with Crippen LogP contribution in [0.1, 0.15) is 10.5 Å². The molecule has 0 radical (unpaired) electrons. The van der Waals surface area contributed by atoms with Crippen molar-refractivity contribution in [1.29, 1.82) is 0 Å². The smallest absolute Gasteiger partial charge is 0.356 e. The molecule has 1 aromatic heterocycles. The first-order valence-electron chi connectivity index (χ1n) is 7.42. The SMILES string of the molecule is C[Si](C)(C)CCOCn1nc(C(=O)O)cc1-c1ccccc1Cl. The lowest BCUT2D eigenvalue weighted by molar-refractivity contribution is 0.0673. The molecular formula is C16H21ClN2O3Si. The molecule has 2 rings (SSSR count). The van der Waals surface area contributed by atoms with Crippen LogP contribution in [0, 0.1) is 0 Å². The summed E-state index contributed by atoms with van der Waals surface area (Å²) in [7, 11) is -1.16. The van der Waals surface area contributed by atoms with E-state index >= 15 is 0 Å². The molecule has 0 aliphatic rings. The Morgan fingerprint density at radius 3 is 2.65 bits per heavy atom. The number of nitrogens with zero attached hydrogens (tertiary/aromatic N) is 2. The molecule has 1 heterocycles. The van der Waals surface area contributed by atoms with Gasteiger partial charge in [-0.1, -0.05) is 49.4 Å². The highest BCUT2D eigenvalue weighted by Crippen LogP contribution is 2.28. The van der Waals surface area contributed by atoms with Gasteiger partial charge in [-0.05, 0) is 18.2 Å². The molecular weight excluding hydrogens is 332 g/mol. The fourth-order valence-corrected chi connectivity index (χ4v) is 3.02. The molecule has 0 aliphatic heterocycles. The largest absolute Gasteiger partial charge is 0.476 e. The number of hydrogen-bond acceptors (Lipinski definition) is 3. The second-order valence-corrected chi connectivity index (χ2v) is 12.6. The Bertz CT molecular complexity index is 695. The molecule has 0 fully saturated rings. The number of aromatic nitrogens is 2. The molecule has 7 heteroatoms. The van der Waals surface area contributed by atoms with Gasteiger partial charge in [-0.3, -0.25) is 0 Å². The average molecular weight is 353 g/mol. The average Bonchev–Trinajstić information content (AvgIpc) is 2.87. The van der Waals surface area contributed by atoms with E-state index in [2.05, 4.69) is 24.7 Å². The molecule has 0 spiro atoms. The van der Waals surface area contributed by atoms with E-state index in [4.69, 9.17) is 16.3 Å². The lowest BCUT2D eigenvalue weighted by Gasteiger charge is -2.16. The number of carboxylic acids is 1. The van der Waals surface area contributed by atoms with Gasteiger partial charge in [-0.15, -0.1) is 0 Å². The fourth-order valence-electron chi connectivity index (χ4n) is 2.03. The van der Waals surface area contributed by atoms with Gasteiger partial charge >= 0.3 is 5.97 Å². The maximum Gasteiger partial charge on any atom is 0.356 e. The predicted octanol–water partition coefficient (Wildman–Crippen LogP) is 4.21. The summed E-state index contributed by atoms with van der Waals surface area (Å²) in [4.78, 5) is 11.2. The van der Waals surface area contributed by atoms with Gasteiger partial charge in [0.2, 0.25) is 0 Å². The number of hydrogen-bond donors (Lipinski definition) is 1. The van der Waals surface area contributed by atoms with Crippen molar-refractivity contribution in [3.8, 4) is 11.3 Å². The molecule has 0 bridgehead atoms. The first-order valence-corrected chi connectivity index (χ1v) is 11.5. The van der Waals surface area contributed by atoms with Gasteiger partial charge in [0.1, 0.15) is 6.73 Å². The number of ether oxygens (including phenoxy) is 1. The minimum Gasteiger partial charge on any atom is -0.476 e. The Hall–Kier alpha value is -1.63. The highest BCUT2D eigenvalue weighted by atomic mass is 35.5. The first kappa shape index (κ1) is 17.7. The zero-order chi connectivity index (χ0) is 17.0. The van der Waals surface area contributed by atoms with Gasteiger partial charge in [0.15, 0.2) is 5.69 Å². The van der Waals surface area contributed by atoms with E-state index in [1.165, 1.54) is 6.07 Å². The van der Waals surface area contributed by atoms with Crippen LogP contribution in [0.25, 0.3) is 11.3 Å². The van der Waals surface area contributed by atoms with Gasteiger partial charge in [0, 0.05) is 25.3 Å². The van der Waals surface area contributed by atoms with E-state index in [0.29, 0.717) is 17.3 Å². The third-order valence-electron chi connectivity index (χ3n) is 3.36. The summed E-state index contributed by atoms with van der Waals surface area (Å²) in [5.74, 6) is -1.07. The summed E-state index contributed by atoms with van der Waals surface area (Å²) < 4.78 is 7.24. The lowest BCUT2D eigenvalue weighted by Crippen LogP contribution is -2.22. The maximum atomic E-state index is 11.2. The molecule has 0 unspecified atom stereocenters. The van der Waals surface area contributed by atoms with Crippen molar-refractivity contribution in [1.82, 2.24) is 9.78 Å². The number of benzene rings is 1. The van der Waals surface area contributed by atoms with Gasteiger partial charge in [0.25, 0.3) is 0 Å². The Kier molecular flexibility index (Phi) is 5.62. The molecule has 0 saturated carbocycles. The molecule has 0 saturated heterocycles. The second kappa shape index (κ2) is 7.29. The van der Waals surface area contributed by atoms with Crippen LogP contribution in [-0.2, 0) is 11.5 Å². The summed E-state index contributed by atoms with van der Waals surface area (Å²) >= 11 is 6.22. The summed E-state index contributed by atoms with van der Waals surface area (Å²) in [5, 5.41) is 13.8. The first-order chi connectivity index (χ1) is 10.8. The van der Waals surface area contributed by atoms with Crippen molar-refractivity contribution in [2.45, 2.75) is 32.4 Å². The monoisotopic (exact) mass is 352 g/mol. The number of rotatable bonds is 7. The zero-order valence-corrected chi connectivity index (χ0v) is 15.3. The topological polar surface area (TPSA) is 64.4 Å². The summed E-state index contributed by atoms with van der Waals surface area (Å²) in [6.45, 7) is 7.68. The predicted molar refractivity (Wildman–Crippen MR) is 93.7 cm³/mol. The van der Waals surface area contributed by atoms with Crippen LogP contribution < -0.4 is 0 Å². The van der Waals surface area contributed by atoms with Crippen LogP contribution in [0.3, 0.4) is 0 Å². The van der Waals surface area contributed by atoms with Gasteiger partial charge in [-0.25, -0.2) is 9.48 Å². The van der Waals surface area contributed by atoms with Gasteiger partial charge < -0.3 is 9.84 Å². The molecule has 1 N–H and O–H groups in total. The minimum atomic E-state index is -1.16. The van der Waals surface area contributed by atoms with Crippen LogP contribution in [0.15, 0.2) is 30.3 Å². The maximum absolute atomic E-state index is 11.2. The Morgan fingerprint density at radius 1 is 1.35 bits per heavy atom. The number of carbonyl (C=O) groups is 1. The molecule has 23 heavy (non-hydrogen) atoms. The highest BCUT2D eigenvalue weighted by Gasteiger charge is 2.17. The van der Waals surface area contributed by atoms with Crippen molar-refractivity contribution in [2.24, 2.45) is 0 Å². The van der Waals surface area contributed by atoms with Crippen LogP contribution in [-0.4, -0.2) is 35.5 Å². The standard InChI is InChI=1S/C16H21ClN2O3Si/c1-23(2,3)9-8-22-11-19-15(10-14(18-19)16(20)21)12-6-4-5-7-13(12)17/h4-7,10H,8-9,11H2,1-3H3,(H,20,21). The molecule has 2 aromatic rings. The normalized spacial score (nSPS) is 11.7. The van der Waals surface area contributed by atoms with Crippen LogP contribution >= 0.6 is 11.6 Å². The van der Waals surface area contributed by atoms with Crippen LogP contribution in [0.5, 0.6) is 0 Å². The lowest BCUT2D eigenvalue weighted by atomic mass is 10.1. The van der Waals surface area contributed by atoms with Crippen LogP contribution in [0.2, 0.25) is 30.7 Å². The van der Waals surface area contributed by atoms with Crippen molar-refractivity contribution in [2.75, 3.05) is 6.61 Å². The summed E-state index contributed by atoms with van der Waals surface area (Å²) in [6.07, 6.45) is 0.